The van der Waals surface area contributed by atoms with E-state index in [0.717, 1.165) is 45.0 Å². The molecular weight excluding hydrogens is 254 g/mol. The second-order valence-electron chi connectivity index (χ2n) is 5.89. The quantitative estimate of drug-likeness (QED) is 0.797. The highest BCUT2D eigenvalue weighted by Crippen LogP contribution is 2.25. The minimum Gasteiger partial charge on any atom is -0.348 e. The van der Waals surface area contributed by atoms with E-state index in [9.17, 15) is 4.79 Å². The Morgan fingerprint density at radius 1 is 1.25 bits per heavy atom. The lowest BCUT2D eigenvalue weighted by molar-refractivity contribution is -0.125. The molecule has 6 heteroatoms. The van der Waals surface area contributed by atoms with Gasteiger partial charge in [0.2, 0.25) is 11.9 Å². The lowest BCUT2D eigenvalue weighted by Crippen LogP contribution is -2.61. The third-order valence-corrected chi connectivity index (χ3v) is 4.12. The molecule has 0 radical (unpaired) electrons. The summed E-state index contributed by atoms with van der Waals surface area (Å²) in [4.78, 5) is 25.0. The summed E-state index contributed by atoms with van der Waals surface area (Å²) >= 11 is 0. The van der Waals surface area contributed by atoms with Crippen LogP contribution in [0.5, 0.6) is 0 Å². The summed E-state index contributed by atoms with van der Waals surface area (Å²) in [5.74, 6) is 0.919. The van der Waals surface area contributed by atoms with E-state index in [2.05, 4.69) is 32.1 Å². The normalized spacial score (nSPS) is 28.2. The fraction of sp³-hybridized carbons (Fsp3) is 0.643. The standard InChI is InChI=1S/C14H21N5O/c1-18-8-9-19(13-15-6-3-7-16-13)11-14(10-18)5-2-4-12(20)17-14/h3,6-7H,2,4-5,8-11H2,1H3,(H,17,20). The van der Waals surface area contributed by atoms with Crippen LogP contribution >= 0.6 is 0 Å². The summed E-state index contributed by atoms with van der Waals surface area (Å²) in [7, 11) is 2.11. The van der Waals surface area contributed by atoms with Crippen LogP contribution in [0.1, 0.15) is 19.3 Å². The highest BCUT2D eigenvalue weighted by molar-refractivity contribution is 5.77. The molecule has 2 aliphatic heterocycles. The van der Waals surface area contributed by atoms with Gasteiger partial charge >= 0.3 is 0 Å². The van der Waals surface area contributed by atoms with Crippen molar-refractivity contribution in [3.05, 3.63) is 18.5 Å². The van der Waals surface area contributed by atoms with Gasteiger partial charge in [-0.2, -0.15) is 0 Å². The molecule has 1 atom stereocenters. The van der Waals surface area contributed by atoms with Crippen LogP contribution in [0, 0.1) is 0 Å². The molecule has 3 rings (SSSR count). The van der Waals surface area contributed by atoms with Crippen LogP contribution in [0.2, 0.25) is 0 Å². The van der Waals surface area contributed by atoms with E-state index in [4.69, 9.17) is 0 Å². The molecule has 1 unspecified atom stereocenters. The van der Waals surface area contributed by atoms with Crippen molar-refractivity contribution in [1.82, 2.24) is 20.2 Å². The van der Waals surface area contributed by atoms with E-state index in [1.165, 1.54) is 0 Å². The maximum atomic E-state index is 11.8. The van der Waals surface area contributed by atoms with E-state index in [-0.39, 0.29) is 11.4 Å². The highest BCUT2D eigenvalue weighted by Gasteiger charge is 2.39. The van der Waals surface area contributed by atoms with Crippen LogP contribution in [0.3, 0.4) is 0 Å². The van der Waals surface area contributed by atoms with Crippen LogP contribution in [0.15, 0.2) is 18.5 Å². The Hall–Kier alpha value is -1.69. The average molecular weight is 275 g/mol. The Labute approximate surface area is 119 Å². The topological polar surface area (TPSA) is 61.4 Å². The Balaban J connectivity index is 1.85. The molecule has 1 aromatic rings. The Morgan fingerprint density at radius 3 is 2.80 bits per heavy atom. The predicted molar refractivity (Wildman–Crippen MR) is 76.5 cm³/mol. The van der Waals surface area contributed by atoms with Gasteiger partial charge in [-0.15, -0.1) is 0 Å². The molecule has 1 N–H and O–H groups in total. The molecular formula is C14H21N5O. The summed E-state index contributed by atoms with van der Waals surface area (Å²) in [6, 6.07) is 1.82. The van der Waals surface area contributed by atoms with Crippen LogP contribution in [-0.4, -0.2) is 59.5 Å². The highest BCUT2D eigenvalue weighted by atomic mass is 16.1. The molecule has 1 spiro atoms. The molecule has 0 saturated carbocycles. The van der Waals surface area contributed by atoms with Crippen LogP contribution in [0.25, 0.3) is 0 Å². The van der Waals surface area contributed by atoms with Crippen molar-refractivity contribution < 1.29 is 4.79 Å². The number of aromatic nitrogens is 2. The van der Waals surface area contributed by atoms with Gasteiger partial charge in [0, 0.05) is 45.0 Å². The number of nitrogens with one attached hydrogen (secondary N) is 1. The number of carbonyl (C=O) groups excluding carboxylic acids is 1. The minimum absolute atomic E-state index is 0.167. The first-order chi connectivity index (χ1) is 9.67. The van der Waals surface area contributed by atoms with Crippen LogP contribution < -0.4 is 10.2 Å². The molecule has 20 heavy (non-hydrogen) atoms. The van der Waals surface area contributed by atoms with Crippen molar-refractivity contribution in [3.8, 4) is 0 Å². The number of anilines is 1. The van der Waals surface area contributed by atoms with Gasteiger partial charge in [0.25, 0.3) is 0 Å². The molecule has 3 heterocycles. The third kappa shape index (κ3) is 2.75. The summed E-state index contributed by atoms with van der Waals surface area (Å²) in [6.45, 7) is 3.52. The van der Waals surface area contributed by atoms with Gasteiger partial charge < -0.3 is 15.1 Å². The summed E-state index contributed by atoms with van der Waals surface area (Å²) in [6.07, 6.45) is 6.16. The van der Waals surface area contributed by atoms with Crippen LogP contribution in [0.4, 0.5) is 5.95 Å². The molecule has 0 aromatic carbocycles. The zero-order chi connectivity index (χ0) is 14.0. The minimum atomic E-state index is -0.167. The number of hydrogen-bond donors (Lipinski definition) is 1. The van der Waals surface area contributed by atoms with E-state index >= 15 is 0 Å². The predicted octanol–water partition coefficient (Wildman–Crippen LogP) is 0.267. The molecule has 1 amide bonds. The first-order valence-corrected chi connectivity index (χ1v) is 7.18. The van der Waals surface area contributed by atoms with Crippen molar-refractivity contribution in [2.45, 2.75) is 24.8 Å². The van der Waals surface area contributed by atoms with Gasteiger partial charge in [-0.3, -0.25) is 4.79 Å². The summed E-state index contributed by atoms with van der Waals surface area (Å²) < 4.78 is 0. The van der Waals surface area contributed by atoms with Crippen molar-refractivity contribution in [2.24, 2.45) is 0 Å². The first-order valence-electron chi connectivity index (χ1n) is 7.18. The zero-order valence-corrected chi connectivity index (χ0v) is 11.9. The number of likely N-dealkylation sites (N-methyl/N-ethyl adjacent to an activating group) is 1. The maximum absolute atomic E-state index is 11.8. The second kappa shape index (κ2) is 5.36. The van der Waals surface area contributed by atoms with Gasteiger partial charge in [0.05, 0.1) is 5.54 Å². The largest absolute Gasteiger partial charge is 0.348 e. The van der Waals surface area contributed by atoms with Crippen molar-refractivity contribution in [2.75, 3.05) is 38.1 Å². The molecule has 0 bridgehead atoms. The lowest BCUT2D eigenvalue weighted by atomic mass is 9.88. The SMILES string of the molecule is CN1CCN(c2ncccn2)CC2(CCCC(=O)N2)C1. The van der Waals surface area contributed by atoms with Crippen LogP contribution in [-0.2, 0) is 4.79 Å². The molecule has 2 saturated heterocycles. The van der Waals surface area contributed by atoms with Gasteiger partial charge in [-0.05, 0) is 26.0 Å². The van der Waals surface area contributed by atoms with Gasteiger partial charge in [0.15, 0.2) is 0 Å². The number of amides is 1. The van der Waals surface area contributed by atoms with Crippen molar-refractivity contribution in [3.63, 3.8) is 0 Å². The smallest absolute Gasteiger partial charge is 0.225 e. The average Bonchev–Trinajstić information content (AvgIpc) is 2.59. The summed E-state index contributed by atoms with van der Waals surface area (Å²) in [5, 5.41) is 3.22. The lowest BCUT2D eigenvalue weighted by Gasteiger charge is -2.40. The number of hydrogen-bond acceptors (Lipinski definition) is 5. The van der Waals surface area contributed by atoms with E-state index in [1.807, 2.05) is 6.07 Å². The fourth-order valence-corrected chi connectivity index (χ4v) is 3.25. The Morgan fingerprint density at radius 2 is 2.05 bits per heavy atom. The van der Waals surface area contributed by atoms with Gasteiger partial charge in [-0.1, -0.05) is 0 Å². The van der Waals surface area contributed by atoms with Gasteiger partial charge in [-0.25, -0.2) is 9.97 Å². The monoisotopic (exact) mass is 275 g/mol. The number of rotatable bonds is 1. The maximum Gasteiger partial charge on any atom is 0.225 e. The Kier molecular flexibility index (Phi) is 3.56. The Bertz CT molecular complexity index is 480. The first kappa shape index (κ1) is 13.3. The fourth-order valence-electron chi connectivity index (χ4n) is 3.25. The summed E-state index contributed by atoms with van der Waals surface area (Å²) in [5.41, 5.74) is -0.167. The molecule has 108 valence electrons. The molecule has 6 nitrogen and oxygen atoms in total. The van der Waals surface area contributed by atoms with E-state index in [0.29, 0.717) is 6.42 Å². The molecule has 2 aliphatic rings. The zero-order valence-electron chi connectivity index (χ0n) is 11.9. The van der Waals surface area contributed by atoms with E-state index in [1.54, 1.807) is 12.4 Å². The molecule has 0 aliphatic carbocycles. The third-order valence-electron chi connectivity index (χ3n) is 4.12. The molecule has 2 fully saturated rings. The van der Waals surface area contributed by atoms with E-state index < -0.39 is 0 Å². The second-order valence-corrected chi connectivity index (χ2v) is 5.89. The van der Waals surface area contributed by atoms with Gasteiger partial charge in [0.1, 0.15) is 0 Å². The van der Waals surface area contributed by atoms with Crippen molar-refractivity contribution in [1.29, 1.82) is 0 Å². The molecule has 1 aromatic heterocycles. The number of nitrogens with zero attached hydrogens (tertiary/aromatic N) is 4. The van der Waals surface area contributed by atoms with Crippen molar-refractivity contribution >= 4 is 11.9 Å². The number of carbonyl (C=O) groups is 1. The number of piperidine rings is 1.